The third-order valence-electron chi connectivity index (χ3n) is 16.1. The molecule has 99 heavy (non-hydrogen) atoms. The molecule has 0 spiro atoms. The van der Waals surface area contributed by atoms with Gasteiger partial charge in [0.25, 0.3) is 16.7 Å². The number of aliphatic hydroxyl groups excluding tert-OH is 2. The number of H-pyrrole nitrogens is 3. The fourth-order valence-electron chi connectivity index (χ4n) is 11.5. The molecule has 19 atom stereocenters. The van der Waals surface area contributed by atoms with Crippen LogP contribution in [-0.2, 0) is 78.1 Å². The van der Waals surface area contributed by atoms with Crippen LogP contribution in [0.15, 0.2) is 72.1 Å². The zero-order valence-corrected chi connectivity index (χ0v) is 54.4. The highest BCUT2D eigenvalue weighted by atomic mass is 31.2. The van der Waals surface area contributed by atoms with Crippen LogP contribution in [0.3, 0.4) is 0 Å². The molecule has 51 heteroatoms. The van der Waals surface area contributed by atoms with Crippen molar-refractivity contribution in [1.82, 2.24) is 67.7 Å². The third-order valence-corrected chi connectivity index (χ3v) is 20.1. The van der Waals surface area contributed by atoms with Gasteiger partial charge in [0.2, 0.25) is 11.9 Å². The molecular formula is C48H62N18O29P4. The molecule has 7 aromatic heterocycles. The average Bonchev–Trinajstić information content (AvgIpc) is 1.63. The van der Waals surface area contributed by atoms with Gasteiger partial charge in [-0.2, -0.15) is 19.9 Å². The van der Waals surface area contributed by atoms with Crippen molar-refractivity contribution in [3.05, 3.63) is 111 Å². The first kappa shape index (κ1) is 71.3. The normalized spacial score (nSPS) is 29.7. The van der Waals surface area contributed by atoms with Gasteiger partial charge >= 0.3 is 48.4 Å². The molecule has 0 aromatic carbocycles. The second kappa shape index (κ2) is 28.1. The van der Waals surface area contributed by atoms with Crippen molar-refractivity contribution in [2.24, 2.45) is 0 Å². The van der Waals surface area contributed by atoms with Crippen LogP contribution in [0.5, 0.6) is 0 Å². The van der Waals surface area contributed by atoms with Crippen molar-refractivity contribution in [1.29, 1.82) is 0 Å². The number of imidazole rings is 2. The average molecular weight is 1480 g/mol. The molecule has 0 radical (unpaired) electrons. The van der Waals surface area contributed by atoms with Crippen LogP contribution in [0, 0.1) is 6.92 Å². The Morgan fingerprint density at radius 3 is 1.25 bits per heavy atom. The summed E-state index contributed by atoms with van der Waals surface area (Å²) in [6.07, 6.45) is -18.1. The highest BCUT2D eigenvalue weighted by Crippen LogP contribution is 2.55. The summed E-state index contributed by atoms with van der Waals surface area (Å²) in [6.45, 7) is -3.30. The molecule has 17 N–H and O–H groups in total. The van der Waals surface area contributed by atoms with E-state index in [1.165, 1.54) is 46.9 Å². The van der Waals surface area contributed by atoms with Crippen molar-refractivity contribution in [3.8, 4) is 0 Å². The van der Waals surface area contributed by atoms with E-state index in [1.54, 1.807) is 0 Å². The van der Waals surface area contributed by atoms with Gasteiger partial charge < -0.3 is 76.4 Å². The number of phosphoric acid groups is 4. The number of aromatic amines is 3. The van der Waals surface area contributed by atoms with Crippen LogP contribution >= 0.6 is 31.3 Å². The lowest BCUT2D eigenvalue weighted by atomic mass is 10.2. The monoisotopic (exact) mass is 1480 g/mol. The van der Waals surface area contributed by atoms with Crippen LogP contribution in [0.2, 0.25) is 0 Å². The first-order valence-electron chi connectivity index (χ1n) is 29.4. The molecular weight excluding hydrogens is 1420 g/mol. The Bertz CT molecular complexity index is 4780. The van der Waals surface area contributed by atoms with E-state index in [1.807, 2.05) is 0 Å². The molecule has 0 bridgehead atoms. The summed E-state index contributed by atoms with van der Waals surface area (Å²) < 4.78 is 134. The Labute approximate surface area is 549 Å². The number of aryl methyl sites for hydroxylation is 1. The molecule has 12 rings (SSSR count). The number of hydrogen-bond donors (Lipinski definition) is 13. The van der Waals surface area contributed by atoms with Crippen LogP contribution < -0.4 is 56.7 Å². The van der Waals surface area contributed by atoms with Crippen molar-refractivity contribution in [2.75, 3.05) is 56.0 Å². The fourth-order valence-corrected chi connectivity index (χ4v) is 15.3. The lowest BCUT2D eigenvalue weighted by Crippen LogP contribution is -2.33. The van der Waals surface area contributed by atoms with Gasteiger partial charge in [0, 0.05) is 56.3 Å². The first-order chi connectivity index (χ1) is 46.8. The van der Waals surface area contributed by atoms with Gasteiger partial charge in [0.15, 0.2) is 22.3 Å². The predicted octanol–water partition coefficient (Wildman–Crippen LogP) is -3.25. The molecule has 47 nitrogen and oxygen atoms in total. The second-order valence-corrected chi connectivity index (χ2v) is 28.4. The van der Waals surface area contributed by atoms with E-state index in [4.69, 9.17) is 82.8 Å². The highest BCUT2D eigenvalue weighted by molar-refractivity contribution is 7.48. The maximum Gasteiger partial charge on any atom is 0.472 e. The van der Waals surface area contributed by atoms with E-state index >= 15 is 0 Å². The molecule has 0 saturated carbocycles. The summed E-state index contributed by atoms with van der Waals surface area (Å²) >= 11 is 0. The van der Waals surface area contributed by atoms with E-state index < -0.39 is 210 Å². The minimum atomic E-state index is -5.53. The summed E-state index contributed by atoms with van der Waals surface area (Å²) in [5, 5.41) is 21.0. The summed E-state index contributed by atoms with van der Waals surface area (Å²) in [6, 6.07) is 2.43. The Hall–Kier alpha value is -7.50. The number of rotatable bonds is 26. The summed E-state index contributed by atoms with van der Waals surface area (Å²) in [5.41, 5.74) is 17.6. The molecule has 5 saturated heterocycles. The van der Waals surface area contributed by atoms with E-state index in [-0.39, 0.29) is 64.3 Å². The van der Waals surface area contributed by atoms with Gasteiger partial charge in [-0.3, -0.25) is 88.4 Å². The first-order valence-corrected chi connectivity index (χ1v) is 35.4. The molecule has 12 heterocycles. The second-order valence-electron chi connectivity index (χ2n) is 22.8. The van der Waals surface area contributed by atoms with E-state index in [9.17, 15) is 76.8 Å². The number of fused-ring (bicyclic) bond motifs is 2. The lowest BCUT2D eigenvalue weighted by Gasteiger charge is -2.25. The van der Waals surface area contributed by atoms with Gasteiger partial charge in [0.1, 0.15) is 97.7 Å². The van der Waals surface area contributed by atoms with Crippen molar-refractivity contribution >= 4 is 77.2 Å². The van der Waals surface area contributed by atoms with Crippen molar-refractivity contribution in [3.63, 3.8) is 0 Å². The molecule has 7 aromatic rings. The molecule has 538 valence electrons. The largest absolute Gasteiger partial charge is 0.472 e. The summed E-state index contributed by atoms with van der Waals surface area (Å²) in [5.74, 6) is -0.997. The highest BCUT2D eigenvalue weighted by Gasteiger charge is 2.50. The van der Waals surface area contributed by atoms with Gasteiger partial charge in [-0.1, -0.05) is 0 Å². The van der Waals surface area contributed by atoms with Crippen LogP contribution in [0.4, 0.5) is 23.5 Å². The third kappa shape index (κ3) is 16.0. The minimum Gasteiger partial charge on any atom is -0.394 e. The lowest BCUT2D eigenvalue weighted by molar-refractivity contribution is -0.0643. The van der Waals surface area contributed by atoms with E-state index in [0.29, 0.717) is 0 Å². The smallest absolute Gasteiger partial charge is 0.394 e. The number of nitrogens with two attached hydrogens (primary N) is 4. The minimum absolute atomic E-state index is 0.00778. The van der Waals surface area contributed by atoms with Gasteiger partial charge in [0.05, 0.1) is 51.8 Å². The quantitative estimate of drug-likeness (QED) is 0.0237. The molecule has 4 unspecified atom stereocenters. The zero-order valence-electron chi connectivity index (χ0n) is 50.9. The van der Waals surface area contributed by atoms with E-state index in [2.05, 4.69) is 44.9 Å². The topological polar surface area (TPSA) is 666 Å². The van der Waals surface area contributed by atoms with E-state index in [0.717, 1.165) is 26.2 Å². The number of nitrogens with zero attached hydrogens (tertiary/aromatic N) is 11. The number of aromatic nitrogens is 14. The fraction of sp³-hybridized carbons (Fsp3) is 0.542. The Balaban J connectivity index is 0.735. The molecule has 5 aliphatic rings. The maximum absolute atomic E-state index is 14.2. The number of anilines is 4. The Morgan fingerprint density at radius 2 is 0.848 bits per heavy atom. The van der Waals surface area contributed by atoms with Crippen LogP contribution in [0.1, 0.15) is 68.8 Å². The van der Waals surface area contributed by atoms with Gasteiger partial charge in [-0.15, -0.1) is 0 Å². The molecule has 0 aliphatic carbocycles. The molecule has 5 fully saturated rings. The van der Waals surface area contributed by atoms with Crippen LogP contribution in [-0.4, -0.2) is 192 Å². The Kier molecular flexibility index (Phi) is 20.3. The number of aliphatic hydroxyl groups is 2. The Morgan fingerprint density at radius 1 is 0.495 bits per heavy atom. The summed E-state index contributed by atoms with van der Waals surface area (Å²) in [4.78, 5) is 151. The molecule has 5 aliphatic heterocycles. The van der Waals surface area contributed by atoms with Crippen LogP contribution in [0.25, 0.3) is 22.3 Å². The predicted molar refractivity (Wildman–Crippen MR) is 325 cm³/mol. The number of nitrogen functional groups attached to an aromatic ring is 4. The van der Waals surface area contributed by atoms with Crippen molar-refractivity contribution in [2.45, 2.75) is 131 Å². The van der Waals surface area contributed by atoms with Crippen molar-refractivity contribution < 1.29 is 108 Å². The van der Waals surface area contributed by atoms with Gasteiger partial charge in [-0.05, 0) is 19.1 Å². The number of nitrogens with one attached hydrogen (secondary N) is 3. The summed E-state index contributed by atoms with van der Waals surface area (Å²) in [7, 11) is -21.6. The maximum atomic E-state index is 14.2. The standard InChI is InChI=1S/C48H62N18O29P4/c1-19-11-64(48(74)61-41(19)69)35-7-21(25(12-67)87-35)92-97(77,78)84-14-27-23(9-34(89-27)63-5-3-31(50)56-47(63)73)94-98(79,80)86-16-29-24(10-36(91-29)66-18-54-38-40(66)58-45(52)60-43(38)71)95-99(81,82)85-15-28-22(8-33(90-28)62-4-2-30(49)55-46(62)72)93-96(75,76)83-13-26-20(68)6-32(88-26)65-17-53-37-39(65)57-44(51)59-42(37)70/h2-5,11,17-18,20-29,32-36,67-68H,6-10,12-16H2,1H3,(H,75,76)(H,77,78)(H,79,80)(H,81,82)(H2,49,55,72)(H2,50,56,73)(H,61,69,74)(H3,51,57,59,70)(H3,52,58,60,71)/t20-,21-,22-,23-,24-,25+,26+,27+,28+,29+,32+,33+,34+,35+,36+/m0/s1. The number of phosphoric ester groups is 4. The number of ether oxygens (including phenoxy) is 5. The SMILES string of the molecule is Cc1cn([C@H]2C[C@H](OP(=O)(O)OC[C@H]3O[C@@H](n4ccc(N)nc4=O)C[C@@H]3OP(=O)(O)OC[C@H]3O[C@@H](n4cnc5c(=O)[nH]c(N)nc54)C[C@@H]3OP(=O)(O)OC[C@H]3O[C@@H](n4ccc(N)nc4=O)C[C@@H]3OP(=O)(O)OC[C@H]3O[C@@H](n4cnc5c(=O)[nH]c(N)nc54)C[C@@H]3O)[C@@H](CO)O2)c(=O)[nH]c1=O. The molecule has 0 amide bonds. The zero-order chi connectivity index (χ0) is 70.8. The van der Waals surface area contributed by atoms with Gasteiger partial charge in [-0.25, -0.2) is 42.6 Å². The number of hydrogen-bond acceptors (Lipinski definition) is 35.